The number of aliphatic hydroxyl groups excluding tert-OH is 1. The minimum atomic E-state index is -1.16. The summed E-state index contributed by atoms with van der Waals surface area (Å²) in [4.78, 5) is 43.4. The Morgan fingerprint density at radius 3 is 2.65 bits per heavy atom. The molecule has 2 unspecified atom stereocenters. The fourth-order valence-electron chi connectivity index (χ4n) is 5.65. The van der Waals surface area contributed by atoms with Gasteiger partial charge in [0.05, 0.1) is 31.7 Å². The van der Waals surface area contributed by atoms with Gasteiger partial charge >= 0.3 is 5.97 Å². The van der Waals surface area contributed by atoms with Gasteiger partial charge in [-0.15, -0.1) is 6.58 Å². The van der Waals surface area contributed by atoms with Crippen LogP contribution < -0.4 is 9.64 Å². The van der Waals surface area contributed by atoms with E-state index in [2.05, 4.69) is 13.2 Å². The summed E-state index contributed by atoms with van der Waals surface area (Å²) in [5.41, 5.74) is -0.547. The second kappa shape index (κ2) is 9.60. The van der Waals surface area contributed by atoms with Gasteiger partial charge in [0, 0.05) is 18.8 Å². The summed E-state index contributed by atoms with van der Waals surface area (Å²) < 4.78 is 16.8. The molecule has 1 aromatic carbocycles. The van der Waals surface area contributed by atoms with E-state index in [9.17, 15) is 19.5 Å². The number of ether oxygens (including phenoxy) is 3. The van der Waals surface area contributed by atoms with Crippen LogP contribution in [-0.4, -0.2) is 79.0 Å². The number of likely N-dealkylation sites (tertiary alicyclic amines) is 1. The first-order chi connectivity index (χ1) is 16.4. The maximum Gasteiger partial charge on any atom is 0.312 e. The molecule has 3 heterocycles. The van der Waals surface area contributed by atoms with Gasteiger partial charge in [-0.3, -0.25) is 14.4 Å². The number of carbonyl (C=O) groups is 3. The number of rotatable bonds is 10. The Labute approximate surface area is 198 Å². The second-order valence-corrected chi connectivity index (χ2v) is 8.67. The third-order valence-corrected chi connectivity index (χ3v) is 6.95. The Balaban J connectivity index is 1.72. The van der Waals surface area contributed by atoms with Crippen molar-refractivity contribution >= 4 is 23.5 Å². The third kappa shape index (κ3) is 3.69. The molecule has 182 valence electrons. The Hall–Kier alpha value is -3.17. The number of amides is 2. The van der Waals surface area contributed by atoms with E-state index >= 15 is 0 Å². The number of carbonyl (C=O) groups excluding carboxylic acids is 3. The Bertz CT molecular complexity index is 978. The Morgan fingerprint density at radius 2 is 2.03 bits per heavy atom. The van der Waals surface area contributed by atoms with Crippen molar-refractivity contribution in [2.45, 2.75) is 30.6 Å². The second-order valence-electron chi connectivity index (χ2n) is 8.67. The number of benzene rings is 1. The maximum absolute atomic E-state index is 14.1. The SMILES string of the molecule is C=CCOC(=O)[C@@H]1[C@H]2C(=O)N(CCO)C(C(=O)N(CC=C)c3ccc(OC)cc3)C23CC[C@H]1O3. The van der Waals surface area contributed by atoms with E-state index in [1.165, 1.54) is 15.9 Å². The molecule has 0 aromatic heterocycles. The van der Waals surface area contributed by atoms with Gasteiger partial charge in [0.25, 0.3) is 5.91 Å². The molecule has 2 amide bonds. The summed E-state index contributed by atoms with van der Waals surface area (Å²) in [6.07, 6.45) is 3.57. The van der Waals surface area contributed by atoms with Gasteiger partial charge in [-0.25, -0.2) is 0 Å². The molecule has 1 spiro atoms. The zero-order chi connectivity index (χ0) is 24.5. The molecule has 4 rings (SSSR count). The van der Waals surface area contributed by atoms with Crippen LogP contribution in [-0.2, 0) is 23.9 Å². The summed E-state index contributed by atoms with van der Waals surface area (Å²) in [6, 6.07) is 6.01. The van der Waals surface area contributed by atoms with Crippen molar-refractivity contribution < 1.29 is 33.7 Å². The first kappa shape index (κ1) is 24.0. The lowest BCUT2D eigenvalue weighted by atomic mass is 9.70. The average Bonchev–Trinajstić information content (AvgIpc) is 3.49. The van der Waals surface area contributed by atoms with Crippen LogP contribution in [0, 0.1) is 11.8 Å². The summed E-state index contributed by atoms with van der Waals surface area (Å²) in [7, 11) is 1.56. The number of hydrogen-bond donors (Lipinski definition) is 1. The number of aliphatic hydroxyl groups is 1. The topological polar surface area (TPSA) is 106 Å². The van der Waals surface area contributed by atoms with Gasteiger partial charge in [0.1, 0.15) is 24.0 Å². The number of anilines is 1. The molecule has 3 aliphatic rings. The van der Waals surface area contributed by atoms with E-state index in [1.807, 2.05) is 0 Å². The van der Waals surface area contributed by atoms with Gasteiger partial charge in [0.2, 0.25) is 5.91 Å². The van der Waals surface area contributed by atoms with Gasteiger partial charge in [0.15, 0.2) is 0 Å². The summed E-state index contributed by atoms with van der Waals surface area (Å²) in [5, 5.41) is 9.69. The predicted octanol–water partition coefficient (Wildman–Crippen LogP) is 1.31. The van der Waals surface area contributed by atoms with E-state index in [4.69, 9.17) is 14.2 Å². The van der Waals surface area contributed by atoms with Crippen molar-refractivity contribution in [3.05, 3.63) is 49.6 Å². The zero-order valence-electron chi connectivity index (χ0n) is 19.2. The van der Waals surface area contributed by atoms with Crippen LogP contribution in [0.5, 0.6) is 5.75 Å². The van der Waals surface area contributed by atoms with Crippen molar-refractivity contribution in [3.63, 3.8) is 0 Å². The molecular formula is C25H30N2O7. The van der Waals surface area contributed by atoms with Crippen molar-refractivity contribution in [3.8, 4) is 5.75 Å². The lowest BCUT2D eigenvalue weighted by molar-refractivity contribution is -0.154. The predicted molar refractivity (Wildman–Crippen MR) is 123 cm³/mol. The molecule has 0 radical (unpaired) electrons. The Morgan fingerprint density at radius 1 is 1.29 bits per heavy atom. The summed E-state index contributed by atoms with van der Waals surface area (Å²) >= 11 is 0. The Kier molecular flexibility index (Phi) is 6.77. The highest BCUT2D eigenvalue weighted by Crippen LogP contribution is 2.58. The summed E-state index contributed by atoms with van der Waals surface area (Å²) in [5.74, 6) is -2.25. The lowest BCUT2D eigenvalue weighted by Gasteiger charge is -2.36. The van der Waals surface area contributed by atoms with Crippen molar-refractivity contribution in [2.24, 2.45) is 11.8 Å². The standard InChI is InChI=1S/C25H30N2O7/c1-4-12-26(16-6-8-17(32-3)9-7-16)23(30)21-25-11-10-18(34-25)19(24(31)33-15-5-2)20(25)22(29)27(21)13-14-28/h4-9,18-21,28H,1-2,10-15H2,3H3/t18-,19+,20+,21?,25?/m1/s1. The molecule has 0 saturated carbocycles. The highest BCUT2D eigenvalue weighted by Gasteiger charge is 2.75. The van der Waals surface area contributed by atoms with Crippen LogP contribution in [0.4, 0.5) is 5.69 Å². The van der Waals surface area contributed by atoms with Gasteiger partial charge in [-0.05, 0) is 37.1 Å². The molecule has 3 saturated heterocycles. The first-order valence-corrected chi connectivity index (χ1v) is 11.4. The quantitative estimate of drug-likeness (QED) is 0.406. The smallest absolute Gasteiger partial charge is 0.312 e. The number of fused-ring (bicyclic) bond motifs is 1. The number of esters is 1. The van der Waals surface area contributed by atoms with Crippen molar-refractivity contribution in [2.75, 3.05) is 38.3 Å². The van der Waals surface area contributed by atoms with Crippen LogP contribution in [0.25, 0.3) is 0 Å². The highest BCUT2D eigenvalue weighted by atomic mass is 16.6. The fraction of sp³-hybridized carbons (Fsp3) is 0.480. The van der Waals surface area contributed by atoms with Crippen LogP contribution >= 0.6 is 0 Å². The lowest BCUT2D eigenvalue weighted by Crippen LogP contribution is -2.56. The van der Waals surface area contributed by atoms with E-state index in [1.54, 1.807) is 37.5 Å². The molecule has 2 bridgehead atoms. The molecule has 9 nitrogen and oxygen atoms in total. The average molecular weight is 471 g/mol. The largest absolute Gasteiger partial charge is 0.497 e. The van der Waals surface area contributed by atoms with Crippen LogP contribution in [0.1, 0.15) is 12.8 Å². The minimum Gasteiger partial charge on any atom is -0.497 e. The monoisotopic (exact) mass is 470 g/mol. The minimum absolute atomic E-state index is 0.0310. The molecule has 3 aliphatic heterocycles. The fourth-order valence-corrected chi connectivity index (χ4v) is 5.65. The van der Waals surface area contributed by atoms with E-state index in [0.29, 0.717) is 24.3 Å². The molecule has 1 aromatic rings. The van der Waals surface area contributed by atoms with Crippen LogP contribution in [0.15, 0.2) is 49.6 Å². The molecule has 0 aliphatic carbocycles. The van der Waals surface area contributed by atoms with E-state index < -0.39 is 35.6 Å². The van der Waals surface area contributed by atoms with Crippen molar-refractivity contribution in [1.82, 2.24) is 4.90 Å². The maximum atomic E-state index is 14.1. The molecular weight excluding hydrogens is 440 g/mol. The highest BCUT2D eigenvalue weighted by molar-refractivity contribution is 6.04. The number of methoxy groups -OCH3 is 1. The normalized spacial score (nSPS) is 29.0. The van der Waals surface area contributed by atoms with Crippen LogP contribution in [0.3, 0.4) is 0 Å². The van der Waals surface area contributed by atoms with E-state index in [0.717, 1.165) is 0 Å². The zero-order valence-corrected chi connectivity index (χ0v) is 19.2. The molecule has 34 heavy (non-hydrogen) atoms. The summed E-state index contributed by atoms with van der Waals surface area (Å²) in [6.45, 7) is 7.21. The third-order valence-electron chi connectivity index (χ3n) is 6.95. The molecule has 1 N–H and O–H groups in total. The van der Waals surface area contributed by atoms with Crippen molar-refractivity contribution in [1.29, 1.82) is 0 Å². The van der Waals surface area contributed by atoms with Gasteiger partial charge in [-0.2, -0.15) is 0 Å². The van der Waals surface area contributed by atoms with Crippen LogP contribution in [0.2, 0.25) is 0 Å². The molecule has 5 atom stereocenters. The van der Waals surface area contributed by atoms with E-state index in [-0.39, 0.29) is 38.1 Å². The molecule has 3 fully saturated rings. The number of nitrogens with zero attached hydrogens (tertiary/aromatic N) is 2. The number of hydrogen-bond acceptors (Lipinski definition) is 7. The molecule has 9 heteroatoms. The number of β-amino-alcohol motifs (C(OH)–C–C–N with tert-alkyl or cyclic N) is 1. The van der Waals surface area contributed by atoms with Gasteiger partial charge < -0.3 is 29.1 Å². The first-order valence-electron chi connectivity index (χ1n) is 11.4. The van der Waals surface area contributed by atoms with Gasteiger partial charge in [-0.1, -0.05) is 18.7 Å².